The maximum absolute atomic E-state index is 13.7. The SMILES string of the molecule is CN(C1CCOC1)S(=O)(=O)c1cc(CO)ccc1F. The van der Waals surface area contributed by atoms with Crippen molar-refractivity contribution in [1.29, 1.82) is 0 Å². The van der Waals surface area contributed by atoms with Crippen molar-refractivity contribution in [3.05, 3.63) is 29.6 Å². The molecule has 0 aromatic heterocycles. The molecule has 5 nitrogen and oxygen atoms in total. The molecule has 1 saturated heterocycles. The number of halogens is 1. The molecule has 1 aliphatic rings. The summed E-state index contributed by atoms with van der Waals surface area (Å²) < 4.78 is 44.7. The van der Waals surface area contributed by atoms with Crippen molar-refractivity contribution in [3.8, 4) is 0 Å². The third-order valence-electron chi connectivity index (χ3n) is 3.26. The van der Waals surface area contributed by atoms with Crippen LogP contribution in [-0.4, -0.2) is 44.1 Å². The molecular formula is C12H16FNO4S. The van der Waals surface area contributed by atoms with Gasteiger partial charge in [0.05, 0.1) is 19.3 Å². The van der Waals surface area contributed by atoms with Crippen molar-refractivity contribution in [2.24, 2.45) is 0 Å². The number of aliphatic hydroxyl groups excluding tert-OH is 1. The smallest absolute Gasteiger partial charge is 0.246 e. The summed E-state index contributed by atoms with van der Waals surface area (Å²) in [6.45, 7) is 0.486. The Morgan fingerprint density at radius 2 is 2.26 bits per heavy atom. The van der Waals surface area contributed by atoms with Gasteiger partial charge in [0, 0.05) is 13.7 Å². The number of nitrogens with zero attached hydrogens (tertiary/aromatic N) is 1. The van der Waals surface area contributed by atoms with Gasteiger partial charge in [0.1, 0.15) is 10.7 Å². The lowest BCUT2D eigenvalue weighted by Crippen LogP contribution is -2.37. The Hall–Kier alpha value is -1.02. The lowest BCUT2D eigenvalue weighted by molar-refractivity contribution is 0.180. The van der Waals surface area contributed by atoms with Gasteiger partial charge >= 0.3 is 0 Å². The van der Waals surface area contributed by atoms with Gasteiger partial charge in [-0.05, 0) is 24.1 Å². The Kier molecular flexibility index (Phi) is 4.19. The largest absolute Gasteiger partial charge is 0.392 e. The Balaban J connectivity index is 2.38. The highest BCUT2D eigenvalue weighted by Gasteiger charge is 2.32. The van der Waals surface area contributed by atoms with Gasteiger partial charge in [0.25, 0.3) is 0 Å². The fourth-order valence-corrected chi connectivity index (χ4v) is 3.49. The molecule has 1 aromatic rings. The molecule has 0 aliphatic carbocycles. The molecule has 1 N–H and O–H groups in total. The number of rotatable bonds is 4. The van der Waals surface area contributed by atoms with Crippen LogP contribution in [0.15, 0.2) is 23.1 Å². The first-order valence-corrected chi connectivity index (χ1v) is 7.36. The van der Waals surface area contributed by atoms with Gasteiger partial charge in [-0.2, -0.15) is 4.31 Å². The van der Waals surface area contributed by atoms with E-state index in [2.05, 4.69) is 0 Å². The molecule has 0 spiro atoms. The van der Waals surface area contributed by atoms with Crippen molar-refractivity contribution < 1.29 is 22.7 Å². The molecule has 1 aliphatic heterocycles. The van der Waals surface area contributed by atoms with E-state index in [0.29, 0.717) is 25.2 Å². The van der Waals surface area contributed by atoms with Gasteiger partial charge in [-0.1, -0.05) is 6.07 Å². The van der Waals surface area contributed by atoms with Crippen LogP contribution in [0.1, 0.15) is 12.0 Å². The van der Waals surface area contributed by atoms with E-state index >= 15 is 0 Å². The zero-order valence-corrected chi connectivity index (χ0v) is 11.4. The summed E-state index contributed by atoms with van der Waals surface area (Å²) in [5.41, 5.74) is 0.357. The third kappa shape index (κ3) is 2.79. The van der Waals surface area contributed by atoms with Crippen LogP contribution in [0.25, 0.3) is 0 Å². The van der Waals surface area contributed by atoms with Crippen molar-refractivity contribution in [1.82, 2.24) is 4.31 Å². The molecule has 2 rings (SSSR count). The molecule has 1 fully saturated rings. The van der Waals surface area contributed by atoms with Gasteiger partial charge in [-0.25, -0.2) is 12.8 Å². The summed E-state index contributed by atoms with van der Waals surface area (Å²) >= 11 is 0. The summed E-state index contributed by atoms with van der Waals surface area (Å²) in [5.74, 6) is -0.817. The minimum Gasteiger partial charge on any atom is -0.392 e. The lowest BCUT2D eigenvalue weighted by atomic mass is 10.2. The van der Waals surface area contributed by atoms with Crippen LogP contribution in [-0.2, 0) is 21.4 Å². The highest BCUT2D eigenvalue weighted by molar-refractivity contribution is 7.89. The maximum atomic E-state index is 13.7. The topological polar surface area (TPSA) is 66.8 Å². The van der Waals surface area contributed by atoms with Gasteiger partial charge in [0.15, 0.2) is 0 Å². The van der Waals surface area contributed by atoms with E-state index in [1.165, 1.54) is 13.1 Å². The zero-order chi connectivity index (χ0) is 14.0. The Labute approximate surface area is 111 Å². The summed E-state index contributed by atoms with van der Waals surface area (Å²) in [6, 6.07) is 3.30. The van der Waals surface area contributed by atoms with Crippen molar-refractivity contribution >= 4 is 10.0 Å². The molecule has 19 heavy (non-hydrogen) atoms. The predicted octanol–water partition coefficient (Wildman–Crippen LogP) is 0.727. The average Bonchev–Trinajstić information content (AvgIpc) is 2.92. The number of aliphatic hydroxyl groups is 1. The first-order chi connectivity index (χ1) is 8.96. The first-order valence-electron chi connectivity index (χ1n) is 5.92. The second kappa shape index (κ2) is 5.54. The standard InChI is InChI=1S/C12H16FNO4S/c1-14(10-4-5-18-8-10)19(16,17)12-6-9(7-15)2-3-11(12)13/h2-3,6,10,15H,4-5,7-8H2,1H3. The minimum absolute atomic E-state index is 0.276. The highest BCUT2D eigenvalue weighted by atomic mass is 32.2. The van der Waals surface area contributed by atoms with Crippen molar-refractivity contribution in [3.63, 3.8) is 0 Å². The van der Waals surface area contributed by atoms with E-state index in [4.69, 9.17) is 9.84 Å². The van der Waals surface area contributed by atoms with Crippen LogP contribution in [0.5, 0.6) is 0 Å². The monoisotopic (exact) mass is 289 g/mol. The molecule has 0 saturated carbocycles. The van der Waals surface area contributed by atoms with E-state index in [1.54, 1.807) is 0 Å². The van der Waals surface area contributed by atoms with E-state index in [0.717, 1.165) is 16.4 Å². The molecule has 1 aromatic carbocycles. The van der Waals surface area contributed by atoms with Crippen LogP contribution in [0.3, 0.4) is 0 Å². The quantitative estimate of drug-likeness (QED) is 0.887. The number of likely N-dealkylation sites (N-methyl/N-ethyl adjacent to an activating group) is 1. The van der Waals surface area contributed by atoms with Crippen LogP contribution >= 0.6 is 0 Å². The molecule has 1 atom stereocenters. The van der Waals surface area contributed by atoms with E-state index in [-0.39, 0.29) is 12.6 Å². The van der Waals surface area contributed by atoms with Crippen LogP contribution in [0.2, 0.25) is 0 Å². The second-order valence-corrected chi connectivity index (χ2v) is 6.43. The van der Waals surface area contributed by atoms with Gasteiger partial charge in [0.2, 0.25) is 10.0 Å². The molecule has 0 radical (unpaired) electrons. The van der Waals surface area contributed by atoms with Crippen LogP contribution in [0.4, 0.5) is 4.39 Å². The molecular weight excluding hydrogens is 273 g/mol. The van der Waals surface area contributed by atoms with Crippen molar-refractivity contribution in [2.45, 2.75) is 24.0 Å². The Bertz CT molecular complexity index is 555. The second-order valence-electron chi connectivity index (χ2n) is 4.46. The number of hydrogen-bond donors (Lipinski definition) is 1. The van der Waals surface area contributed by atoms with Gasteiger partial charge in [-0.3, -0.25) is 0 Å². The summed E-state index contributed by atoms with van der Waals surface area (Å²) in [4.78, 5) is -0.409. The average molecular weight is 289 g/mol. The maximum Gasteiger partial charge on any atom is 0.246 e. The number of benzene rings is 1. The van der Waals surface area contributed by atoms with Crippen molar-refractivity contribution in [2.75, 3.05) is 20.3 Å². The van der Waals surface area contributed by atoms with Crippen LogP contribution < -0.4 is 0 Å². The van der Waals surface area contributed by atoms with Gasteiger partial charge in [-0.15, -0.1) is 0 Å². The zero-order valence-electron chi connectivity index (χ0n) is 10.5. The summed E-state index contributed by atoms with van der Waals surface area (Å²) in [6.07, 6.45) is 0.594. The predicted molar refractivity (Wildman–Crippen MR) is 66.5 cm³/mol. The Morgan fingerprint density at radius 3 is 2.84 bits per heavy atom. The molecule has 1 heterocycles. The van der Waals surface area contributed by atoms with Crippen LogP contribution in [0, 0.1) is 5.82 Å². The molecule has 1 unspecified atom stereocenters. The third-order valence-corrected chi connectivity index (χ3v) is 5.18. The summed E-state index contributed by atoms with van der Waals surface area (Å²) in [7, 11) is -2.50. The fourth-order valence-electron chi connectivity index (χ4n) is 2.00. The van der Waals surface area contributed by atoms with E-state index in [1.807, 2.05) is 0 Å². The van der Waals surface area contributed by atoms with Gasteiger partial charge < -0.3 is 9.84 Å². The van der Waals surface area contributed by atoms with E-state index < -0.39 is 20.7 Å². The Morgan fingerprint density at radius 1 is 1.53 bits per heavy atom. The molecule has 106 valence electrons. The number of sulfonamides is 1. The highest BCUT2D eigenvalue weighted by Crippen LogP contribution is 2.24. The van der Waals surface area contributed by atoms with E-state index in [9.17, 15) is 12.8 Å². The minimum atomic E-state index is -3.92. The molecule has 0 bridgehead atoms. The molecule has 0 amide bonds. The number of ether oxygens (including phenoxy) is 1. The normalized spacial score (nSPS) is 20.1. The fraction of sp³-hybridized carbons (Fsp3) is 0.500. The summed E-state index contributed by atoms with van der Waals surface area (Å²) in [5, 5.41) is 9.02. The molecule has 7 heteroatoms. The first kappa shape index (κ1) is 14.4. The lowest BCUT2D eigenvalue weighted by Gasteiger charge is -2.23. The number of hydrogen-bond acceptors (Lipinski definition) is 4.